The molecule has 0 atom stereocenters. The number of nitrogens with zero attached hydrogens (tertiary/aromatic N) is 3. The summed E-state index contributed by atoms with van der Waals surface area (Å²) >= 11 is 6.15. The van der Waals surface area contributed by atoms with Crippen LogP contribution in [0.4, 0.5) is 0 Å². The van der Waals surface area contributed by atoms with Gasteiger partial charge in [-0.3, -0.25) is 4.79 Å². The molecule has 1 aliphatic heterocycles. The van der Waals surface area contributed by atoms with Gasteiger partial charge in [0.2, 0.25) is 10.0 Å². The normalized spacial score (nSPS) is 14.6. The number of carbonyl (C=O) groups excluding carboxylic acids is 1. The lowest BCUT2D eigenvalue weighted by atomic mass is 10.2. The minimum atomic E-state index is -3.70. The number of hydrogen-bond donors (Lipinski definition) is 1. The van der Waals surface area contributed by atoms with E-state index in [-0.39, 0.29) is 21.4 Å². The van der Waals surface area contributed by atoms with Crippen LogP contribution in [-0.2, 0) is 16.4 Å². The molecular weight excluding hydrogens is 436 g/mol. The Morgan fingerprint density at radius 3 is 2.58 bits per heavy atom. The molecule has 0 spiro atoms. The summed E-state index contributed by atoms with van der Waals surface area (Å²) in [6.45, 7) is 1.35. The number of rotatable bonds is 7. The van der Waals surface area contributed by atoms with Crippen molar-refractivity contribution in [2.45, 2.75) is 24.2 Å². The highest BCUT2D eigenvalue weighted by atomic mass is 35.5. The molecule has 0 aliphatic carbocycles. The summed E-state index contributed by atoms with van der Waals surface area (Å²) in [4.78, 5) is 12.6. The first-order valence-corrected chi connectivity index (χ1v) is 11.9. The first-order chi connectivity index (χ1) is 14.9. The summed E-state index contributed by atoms with van der Waals surface area (Å²) in [6, 6.07) is 14.1. The van der Waals surface area contributed by atoms with E-state index in [1.165, 1.54) is 22.5 Å². The van der Waals surface area contributed by atoms with E-state index in [9.17, 15) is 13.2 Å². The minimum Gasteiger partial charge on any atom is -0.352 e. The Balaban J connectivity index is 1.40. The van der Waals surface area contributed by atoms with E-state index in [0.717, 1.165) is 24.1 Å². The smallest absolute Gasteiger partial charge is 0.251 e. The molecule has 1 aromatic heterocycles. The fourth-order valence-corrected chi connectivity index (χ4v) is 5.56. The number of sulfonamides is 1. The van der Waals surface area contributed by atoms with Gasteiger partial charge in [0.25, 0.3) is 5.91 Å². The molecule has 0 radical (unpaired) electrons. The Bertz CT molecular complexity index is 1170. The van der Waals surface area contributed by atoms with Crippen molar-refractivity contribution in [3.63, 3.8) is 0 Å². The molecule has 31 heavy (non-hydrogen) atoms. The predicted octanol–water partition coefficient (Wildman–Crippen LogP) is 3.28. The van der Waals surface area contributed by atoms with Crippen molar-refractivity contribution >= 4 is 27.5 Å². The van der Waals surface area contributed by atoms with Crippen LogP contribution in [0.2, 0.25) is 5.02 Å². The summed E-state index contributed by atoms with van der Waals surface area (Å²) in [5, 5.41) is 7.31. The van der Waals surface area contributed by atoms with Gasteiger partial charge in [0, 0.05) is 31.4 Å². The van der Waals surface area contributed by atoms with Gasteiger partial charge in [0.05, 0.1) is 16.9 Å². The molecule has 7 nitrogen and oxygen atoms in total. The zero-order chi connectivity index (χ0) is 21.8. The third kappa shape index (κ3) is 4.81. The fraction of sp³-hybridized carbons (Fsp3) is 0.273. The lowest BCUT2D eigenvalue weighted by molar-refractivity contribution is 0.0954. The highest BCUT2D eigenvalue weighted by Crippen LogP contribution is 2.28. The number of para-hydroxylation sites is 1. The number of amides is 1. The third-order valence-corrected chi connectivity index (χ3v) is 7.61. The zero-order valence-corrected chi connectivity index (χ0v) is 18.4. The van der Waals surface area contributed by atoms with Crippen LogP contribution in [0.15, 0.2) is 65.8 Å². The molecule has 1 aliphatic rings. The van der Waals surface area contributed by atoms with Crippen LogP contribution < -0.4 is 5.32 Å². The van der Waals surface area contributed by atoms with Gasteiger partial charge < -0.3 is 5.32 Å². The number of aromatic nitrogens is 2. The minimum absolute atomic E-state index is 0.0205. The summed E-state index contributed by atoms with van der Waals surface area (Å²) in [6.07, 6.45) is 5.95. The summed E-state index contributed by atoms with van der Waals surface area (Å²) in [5.41, 5.74) is 2.21. The molecule has 0 bridgehead atoms. The van der Waals surface area contributed by atoms with Crippen LogP contribution in [0, 0.1) is 0 Å². The van der Waals surface area contributed by atoms with E-state index in [2.05, 4.69) is 10.4 Å². The molecule has 1 amide bonds. The van der Waals surface area contributed by atoms with E-state index in [0.29, 0.717) is 26.1 Å². The Labute approximate surface area is 186 Å². The van der Waals surface area contributed by atoms with Crippen molar-refractivity contribution in [2.24, 2.45) is 0 Å². The number of hydrogen-bond acceptors (Lipinski definition) is 4. The quantitative estimate of drug-likeness (QED) is 0.588. The van der Waals surface area contributed by atoms with Gasteiger partial charge in [-0.05, 0) is 55.2 Å². The van der Waals surface area contributed by atoms with Crippen LogP contribution in [0.5, 0.6) is 0 Å². The topological polar surface area (TPSA) is 84.3 Å². The summed E-state index contributed by atoms with van der Waals surface area (Å²) in [7, 11) is -3.70. The average Bonchev–Trinajstić information content (AvgIpc) is 3.47. The maximum atomic E-state index is 12.8. The molecule has 9 heteroatoms. The molecule has 3 aromatic rings. The zero-order valence-electron chi connectivity index (χ0n) is 16.9. The van der Waals surface area contributed by atoms with Gasteiger partial charge in [-0.15, -0.1) is 0 Å². The maximum Gasteiger partial charge on any atom is 0.251 e. The second kappa shape index (κ2) is 9.21. The maximum absolute atomic E-state index is 12.8. The number of halogens is 1. The van der Waals surface area contributed by atoms with Crippen LogP contribution in [0.3, 0.4) is 0 Å². The Morgan fingerprint density at radius 1 is 1.10 bits per heavy atom. The largest absolute Gasteiger partial charge is 0.352 e. The van der Waals surface area contributed by atoms with Crippen molar-refractivity contribution in [2.75, 3.05) is 19.6 Å². The summed E-state index contributed by atoms with van der Waals surface area (Å²) in [5.74, 6) is -0.343. The van der Waals surface area contributed by atoms with E-state index in [1.807, 2.05) is 36.5 Å². The van der Waals surface area contributed by atoms with Gasteiger partial charge >= 0.3 is 0 Å². The number of benzene rings is 2. The molecule has 2 aromatic carbocycles. The van der Waals surface area contributed by atoms with Crippen molar-refractivity contribution in [3.05, 3.63) is 77.1 Å². The third-order valence-electron chi connectivity index (χ3n) is 5.23. The Morgan fingerprint density at radius 2 is 1.84 bits per heavy atom. The molecule has 0 saturated carbocycles. The highest BCUT2D eigenvalue weighted by molar-refractivity contribution is 7.89. The number of carbonyl (C=O) groups is 1. The molecule has 1 saturated heterocycles. The standard InChI is InChI=1S/C22H23ClN4O3S/c23-20-9-8-18(14-21(20)31(29,30)26-12-4-5-13-26)22(28)24-11-10-17-15-25-27(16-17)19-6-2-1-3-7-19/h1-3,6-9,14-16H,4-5,10-13H2,(H,24,28). The predicted molar refractivity (Wildman–Crippen MR) is 119 cm³/mol. The highest BCUT2D eigenvalue weighted by Gasteiger charge is 2.29. The molecule has 162 valence electrons. The fourth-order valence-electron chi connectivity index (χ4n) is 3.54. The van der Waals surface area contributed by atoms with Crippen LogP contribution >= 0.6 is 11.6 Å². The van der Waals surface area contributed by atoms with Crippen LogP contribution in [-0.4, -0.2) is 48.0 Å². The average molecular weight is 459 g/mol. The van der Waals surface area contributed by atoms with E-state index < -0.39 is 10.0 Å². The molecule has 1 N–H and O–H groups in total. The van der Waals surface area contributed by atoms with Crippen molar-refractivity contribution in [3.8, 4) is 5.69 Å². The van der Waals surface area contributed by atoms with Gasteiger partial charge in [-0.25, -0.2) is 13.1 Å². The van der Waals surface area contributed by atoms with Gasteiger partial charge in [0.15, 0.2) is 0 Å². The lowest BCUT2D eigenvalue weighted by Crippen LogP contribution is -2.29. The van der Waals surface area contributed by atoms with Crippen molar-refractivity contribution < 1.29 is 13.2 Å². The van der Waals surface area contributed by atoms with Crippen molar-refractivity contribution in [1.29, 1.82) is 0 Å². The second-order valence-electron chi connectivity index (χ2n) is 7.39. The first-order valence-electron chi connectivity index (χ1n) is 10.1. The molecule has 2 heterocycles. The van der Waals surface area contributed by atoms with E-state index in [1.54, 1.807) is 10.9 Å². The Kier molecular flexibility index (Phi) is 6.41. The van der Waals surface area contributed by atoms with E-state index >= 15 is 0 Å². The summed E-state index contributed by atoms with van der Waals surface area (Å²) < 4.78 is 28.9. The monoisotopic (exact) mass is 458 g/mol. The van der Waals surface area contributed by atoms with Gasteiger partial charge in [-0.2, -0.15) is 9.40 Å². The Hall–Kier alpha value is -2.68. The first kappa shape index (κ1) is 21.5. The molecule has 0 unspecified atom stereocenters. The van der Waals surface area contributed by atoms with Gasteiger partial charge in [-0.1, -0.05) is 29.8 Å². The van der Waals surface area contributed by atoms with Gasteiger partial charge in [0.1, 0.15) is 4.90 Å². The lowest BCUT2D eigenvalue weighted by Gasteiger charge is -2.17. The molecule has 1 fully saturated rings. The van der Waals surface area contributed by atoms with E-state index in [4.69, 9.17) is 11.6 Å². The number of nitrogens with one attached hydrogen (secondary N) is 1. The SMILES string of the molecule is O=C(NCCc1cnn(-c2ccccc2)c1)c1ccc(Cl)c(S(=O)(=O)N2CCCC2)c1. The second-order valence-corrected chi connectivity index (χ2v) is 9.70. The van der Waals surface area contributed by atoms with Crippen LogP contribution in [0.1, 0.15) is 28.8 Å². The molecular formula is C22H23ClN4O3S. The van der Waals surface area contributed by atoms with Crippen LogP contribution in [0.25, 0.3) is 5.69 Å². The van der Waals surface area contributed by atoms with Crippen molar-refractivity contribution in [1.82, 2.24) is 19.4 Å². The molecule has 4 rings (SSSR count).